The minimum absolute atomic E-state index is 0.0792. The first-order chi connectivity index (χ1) is 9.61. The molecule has 2 rings (SSSR count). The number of benzene rings is 2. The van der Waals surface area contributed by atoms with Crippen LogP contribution in [0.1, 0.15) is 24.1 Å². The topological polar surface area (TPSA) is 44.5 Å². The molecule has 1 unspecified atom stereocenters. The van der Waals surface area contributed by atoms with E-state index in [0.717, 1.165) is 5.56 Å². The minimum atomic E-state index is -0.279. The molecule has 3 nitrogen and oxygen atoms in total. The van der Waals surface area contributed by atoms with E-state index in [1.54, 1.807) is 31.4 Å². The van der Waals surface area contributed by atoms with Gasteiger partial charge in [-0.1, -0.05) is 24.3 Å². The molecule has 4 heteroatoms. The average Bonchev–Trinajstić information content (AvgIpc) is 2.46. The van der Waals surface area contributed by atoms with Crippen molar-refractivity contribution in [1.29, 1.82) is 0 Å². The molecule has 1 atom stereocenters. The molecule has 0 saturated heterocycles. The average molecular weight is 275 g/mol. The van der Waals surface area contributed by atoms with Crippen LogP contribution in [-0.2, 0) is 6.61 Å². The SMILES string of the molecule is COc1cc(C(C)N)ccc1OCc1ccccc1F. The normalized spacial score (nSPS) is 12.0. The van der Waals surface area contributed by atoms with Crippen LogP contribution in [-0.4, -0.2) is 7.11 Å². The summed E-state index contributed by atoms with van der Waals surface area (Å²) < 4.78 is 24.4. The first kappa shape index (κ1) is 14.3. The molecule has 2 aromatic carbocycles. The Morgan fingerprint density at radius 2 is 1.90 bits per heavy atom. The molecule has 106 valence electrons. The van der Waals surface area contributed by atoms with Crippen molar-refractivity contribution in [3.05, 3.63) is 59.4 Å². The zero-order valence-electron chi connectivity index (χ0n) is 11.6. The Hall–Kier alpha value is -2.07. The number of halogens is 1. The Kier molecular flexibility index (Phi) is 4.58. The van der Waals surface area contributed by atoms with Gasteiger partial charge in [-0.3, -0.25) is 0 Å². The smallest absolute Gasteiger partial charge is 0.161 e. The number of methoxy groups -OCH3 is 1. The molecule has 0 aliphatic carbocycles. The zero-order chi connectivity index (χ0) is 14.5. The number of rotatable bonds is 5. The van der Waals surface area contributed by atoms with E-state index in [0.29, 0.717) is 17.1 Å². The van der Waals surface area contributed by atoms with Gasteiger partial charge in [-0.2, -0.15) is 0 Å². The van der Waals surface area contributed by atoms with Crippen molar-refractivity contribution in [1.82, 2.24) is 0 Å². The van der Waals surface area contributed by atoms with E-state index in [-0.39, 0.29) is 18.5 Å². The van der Waals surface area contributed by atoms with Crippen molar-refractivity contribution < 1.29 is 13.9 Å². The van der Waals surface area contributed by atoms with Crippen molar-refractivity contribution in [3.63, 3.8) is 0 Å². The Bertz CT molecular complexity index is 584. The number of hydrogen-bond acceptors (Lipinski definition) is 3. The highest BCUT2D eigenvalue weighted by molar-refractivity contribution is 5.43. The Labute approximate surface area is 118 Å². The molecule has 0 fully saturated rings. The van der Waals surface area contributed by atoms with Crippen LogP contribution in [0.15, 0.2) is 42.5 Å². The first-order valence-corrected chi connectivity index (χ1v) is 6.41. The second-order valence-electron chi connectivity index (χ2n) is 4.58. The highest BCUT2D eigenvalue weighted by Crippen LogP contribution is 2.30. The van der Waals surface area contributed by atoms with Gasteiger partial charge in [0.15, 0.2) is 11.5 Å². The van der Waals surface area contributed by atoms with Crippen LogP contribution in [0, 0.1) is 5.82 Å². The zero-order valence-corrected chi connectivity index (χ0v) is 11.6. The molecule has 0 aliphatic rings. The second kappa shape index (κ2) is 6.39. The third kappa shape index (κ3) is 3.27. The van der Waals surface area contributed by atoms with Crippen LogP contribution in [0.2, 0.25) is 0 Å². The number of nitrogens with two attached hydrogens (primary N) is 1. The van der Waals surface area contributed by atoms with Gasteiger partial charge in [0.25, 0.3) is 0 Å². The van der Waals surface area contributed by atoms with Crippen molar-refractivity contribution in [2.24, 2.45) is 5.73 Å². The van der Waals surface area contributed by atoms with Crippen molar-refractivity contribution in [2.75, 3.05) is 7.11 Å². The molecule has 2 aromatic rings. The van der Waals surface area contributed by atoms with Gasteiger partial charge in [-0.25, -0.2) is 4.39 Å². The third-order valence-electron chi connectivity index (χ3n) is 3.05. The fourth-order valence-corrected chi connectivity index (χ4v) is 1.86. The molecule has 0 aromatic heterocycles. The minimum Gasteiger partial charge on any atom is -0.493 e. The lowest BCUT2D eigenvalue weighted by atomic mass is 10.1. The summed E-state index contributed by atoms with van der Waals surface area (Å²) in [6.07, 6.45) is 0. The quantitative estimate of drug-likeness (QED) is 0.909. The van der Waals surface area contributed by atoms with Gasteiger partial charge in [0, 0.05) is 11.6 Å². The fraction of sp³-hybridized carbons (Fsp3) is 0.250. The molecule has 0 radical (unpaired) electrons. The first-order valence-electron chi connectivity index (χ1n) is 6.41. The molecule has 2 N–H and O–H groups in total. The van der Waals surface area contributed by atoms with Gasteiger partial charge in [0.1, 0.15) is 12.4 Å². The van der Waals surface area contributed by atoms with Gasteiger partial charge in [0.05, 0.1) is 7.11 Å². The Morgan fingerprint density at radius 1 is 1.15 bits per heavy atom. The van der Waals surface area contributed by atoms with E-state index in [4.69, 9.17) is 15.2 Å². The van der Waals surface area contributed by atoms with Crippen LogP contribution in [0.5, 0.6) is 11.5 Å². The van der Waals surface area contributed by atoms with Gasteiger partial charge in [-0.05, 0) is 30.7 Å². The molecule has 0 aliphatic heterocycles. The van der Waals surface area contributed by atoms with Crippen molar-refractivity contribution in [2.45, 2.75) is 19.6 Å². The molecule has 0 bridgehead atoms. The molecular formula is C16H18FNO2. The number of ether oxygens (including phenoxy) is 2. The number of hydrogen-bond donors (Lipinski definition) is 1. The summed E-state index contributed by atoms with van der Waals surface area (Å²) >= 11 is 0. The van der Waals surface area contributed by atoms with E-state index in [9.17, 15) is 4.39 Å². The lowest BCUT2D eigenvalue weighted by molar-refractivity contribution is 0.279. The van der Waals surface area contributed by atoms with Gasteiger partial charge < -0.3 is 15.2 Å². The van der Waals surface area contributed by atoms with Crippen LogP contribution in [0.3, 0.4) is 0 Å². The largest absolute Gasteiger partial charge is 0.493 e. The van der Waals surface area contributed by atoms with E-state index in [2.05, 4.69) is 0 Å². The molecule has 0 amide bonds. The third-order valence-corrected chi connectivity index (χ3v) is 3.05. The van der Waals surface area contributed by atoms with Crippen LogP contribution in [0.4, 0.5) is 4.39 Å². The van der Waals surface area contributed by atoms with Crippen molar-refractivity contribution in [3.8, 4) is 11.5 Å². The van der Waals surface area contributed by atoms with Gasteiger partial charge in [-0.15, -0.1) is 0 Å². The van der Waals surface area contributed by atoms with Gasteiger partial charge >= 0.3 is 0 Å². The fourth-order valence-electron chi connectivity index (χ4n) is 1.86. The predicted octanol–water partition coefficient (Wildman–Crippen LogP) is 3.43. The highest BCUT2D eigenvalue weighted by atomic mass is 19.1. The molecule has 0 heterocycles. The maximum absolute atomic E-state index is 13.5. The summed E-state index contributed by atoms with van der Waals surface area (Å²) in [7, 11) is 1.57. The van der Waals surface area contributed by atoms with E-state index < -0.39 is 0 Å². The summed E-state index contributed by atoms with van der Waals surface area (Å²) in [4.78, 5) is 0. The summed E-state index contributed by atoms with van der Waals surface area (Å²) in [6, 6.07) is 12.0. The summed E-state index contributed by atoms with van der Waals surface area (Å²) in [5, 5.41) is 0. The van der Waals surface area contributed by atoms with Gasteiger partial charge in [0.2, 0.25) is 0 Å². The van der Waals surface area contributed by atoms with Crippen LogP contribution < -0.4 is 15.2 Å². The van der Waals surface area contributed by atoms with E-state index >= 15 is 0 Å². The standard InChI is InChI=1S/C16H18FNO2/c1-11(18)12-7-8-15(16(9-12)19-2)20-10-13-5-3-4-6-14(13)17/h3-9,11H,10,18H2,1-2H3. The second-order valence-corrected chi connectivity index (χ2v) is 4.58. The molecule has 0 saturated carbocycles. The molecular weight excluding hydrogens is 257 g/mol. The maximum atomic E-state index is 13.5. The molecule has 0 spiro atoms. The Balaban J connectivity index is 2.15. The van der Waals surface area contributed by atoms with E-state index in [1.807, 2.05) is 19.1 Å². The summed E-state index contributed by atoms with van der Waals surface area (Å²) in [5.41, 5.74) is 7.29. The maximum Gasteiger partial charge on any atom is 0.161 e. The van der Waals surface area contributed by atoms with Crippen LogP contribution >= 0.6 is 0 Å². The lowest BCUT2D eigenvalue weighted by Gasteiger charge is -2.14. The van der Waals surface area contributed by atoms with E-state index in [1.165, 1.54) is 6.07 Å². The predicted molar refractivity (Wildman–Crippen MR) is 76.3 cm³/mol. The highest BCUT2D eigenvalue weighted by Gasteiger charge is 2.09. The monoisotopic (exact) mass is 275 g/mol. The lowest BCUT2D eigenvalue weighted by Crippen LogP contribution is -2.06. The summed E-state index contributed by atoms with van der Waals surface area (Å²) in [5.74, 6) is 0.884. The molecule has 20 heavy (non-hydrogen) atoms. The van der Waals surface area contributed by atoms with Crippen molar-refractivity contribution >= 4 is 0 Å². The van der Waals surface area contributed by atoms with Crippen LogP contribution in [0.25, 0.3) is 0 Å². The summed E-state index contributed by atoms with van der Waals surface area (Å²) in [6.45, 7) is 2.05. The Morgan fingerprint density at radius 3 is 2.55 bits per heavy atom.